The lowest BCUT2D eigenvalue weighted by molar-refractivity contribution is -0.508. The third kappa shape index (κ3) is 3.02. The van der Waals surface area contributed by atoms with Gasteiger partial charge in [0.1, 0.15) is 0 Å². The molecule has 2 heterocycles. The Morgan fingerprint density at radius 1 is 1.12 bits per heavy atom. The molecule has 2 aliphatic rings. The summed E-state index contributed by atoms with van der Waals surface area (Å²) in [5.74, 6) is 2.27. The van der Waals surface area contributed by atoms with Gasteiger partial charge in [0.25, 0.3) is 5.84 Å². The maximum Gasteiger partial charge on any atom is 0.273 e. The number of aryl methyl sites for hydroxylation is 1. The first kappa shape index (κ1) is 16.9. The van der Waals surface area contributed by atoms with Crippen molar-refractivity contribution in [2.24, 2.45) is 17.5 Å². The lowest BCUT2D eigenvalue weighted by atomic mass is 9.88. The fourth-order valence-electron chi connectivity index (χ4n) is 3.23. The Kier molecular flexibility index (Phi) is 3.89. The summed E-state index contributed by atoms with van der Waals surface area (Å²) >= 11 is 0. The van der Waals surface area contributed by atoms with E-state index in [1.54, 1.807) is 0 Å². The zero-order valence-electron chi connectivity index (χ0n) is 16.0. The highest BCUT2D eigenvalue weighted by atomic mass is 15.3. The zero-order valence-corrected chi connectivity index (χ0v) is 16.0. The summed E-state index contributed by atoms with van der Waals surface area (Å²) in [6.07, 6.45) is 8.66. The topological polar surface area (TPSA) is 33.2 Å². The smallest absolute Gasteiger partial charge is 0.273 e. The van der Waals surface area contributed by atoms with Crippen molar-refractivity contribution in [2.45, 2.75) is 59.9 Å². The van der Waals surface area contributed by atoms with Crippen LogP contribution < -0.4 is 0 Å². The summed E-state index contributed by atoms with van der Waals surface area (Å²) in [4.78, 5) is 4.92. The summed E-state index contributed by atoms with van der Waals surface area (Å²) in [6.45, 7) is 13.4. The number of hydrogen-bond donors (Lipinski definition) is 0. The third-order valence-corrected chi connectivity index (χ3v) is 4.39. The van der Waals surface area contributed by atoms with Gasteiger partial charge in [-0.1, -0.05) is 31.8 Å². The Bertz CT molecular complexity index is 786. The first-order chi connectivity index (χ1) is 11.1. The van der Waals surface area contributed by atoms with E-state index in [0.717, 1.165) is 24.4 Å². The monoisotopic (exact) mass is 325 g/mol. The van der Waals surface area contributed by atoms with E-state index in [4.69, 9.17) is 4.99 Å². The number of rotatable bonds is 2. The number of nitrogens with zero attached hydrogens (tertiary/aromatic N) is 4. The Labute approximate surface area is 145 Å². The minimum Gasteiger partial charge on any atom is -0.275 e. The average Bonchev–Trinajstić information content (AvgIpc) is 2.81. The van der Waals surface area contributed by atoms with Gasteiger partial charge in [0.05, 0.1) is 16.6 Å². The Morgan fingerprint density at radius 3 is 2.38 bits per heavy atom. The fourth-order valence-corrected chi connectivity index (χ4v) is 3.23. The summed E-state index contributed by atoms with van der Waals surface area (Å²) in [5.41, 5.74) is 3.68. The molecule has 0 unspecified atom stereocenters. The second kappa shape index (κ2) is 5.54. The highest BCUT2D eigenvalue weighted by molar-refractivity contribution is 6.13. The van der Waals surface area contributed by atoms with Gasteiger partial charge in [-0.25, -0.2) is 4.58 Å². The summed E-state index contributed by atoms with van der Waals surface area (Å²) in [5, 5.41) is 4.56. The number of amidine groups is 2. The summed E-state index contributed by atoms with van der Waals surface area (Å²) < 4.78 is 4.26. The highest BCUT2D eigenvalue weighted by Gasteiger charge is 2.44. The predicted molar refractivity (Wildman–Crippen MR) is 100 cm³/mol. The summed E-state index contributed by atoms with van der Waals surface area (Å²) in [7, 11) is 1.96. The van der Waals surface area contributed by atoms with Crippen LogP contribution >= 0.6 is 0 Å². The third-order valence-electron chi connectivity index (χ3n) is 4.39. The Hall–Kier alpha value is -1.97. The van der Waals surface area contributed by atoms with Crippen molar-refractivity contribution in [1.82, 2.24) is 9.78 Å². The van der Waals surface area contributed by atoms with Gasteiger partial charge < -0.3 is 0 Å². The van der Waals surface area contributed by atoms with Crippen molar-refractivity contribution in [3.8, 4) is 0 Å². The van der Waals surface area contributed by atoms with E-state index >= 15 is 0 Å². The summed E-state index contributed by atoms with van der Waals surface area (Å²) in [6, 6.07) is 2.09. The van der Waals surface area contributed by atoms with Crippen LogP contribution in [0.3, 0.4) is 0 Å². The van der Waals surface area contributed by atoms with Crippen molar-refractivity contribution < 1.29 is 4.58 Å². The first-order valence-electron chi connectivity index (χ1n) is 8.75. The predicted octanol–water partition coefficient (Wildman–Crippen LogP) is 4.19. The molecule has 0 spiro atoms. The van der Waals surface area contributed by atoms with Gasteiger partial charge >= 0.3 is 0 Å². The second-order valence-electron chi connectivity index (χ2n) is 8.76. The lowest BCUT2D eigenvalue weighted by Gasteiger charge is -2.35. The molecule has 0 saturated carbocycles. The first-order valence-corrected chi connectivity index (χ1v) is 8.75. The second-order valence-corrected chi connectivity index (χ2v) is 8.76. The van der Waals surface area contributed by atoms with Crippen LogP contribution in [0, 0.1) is 5.41 Å². The number of allylic oxidation sites excluding steroid dienone is 2. The molecule has 128 valence electrons. The molecule has 1 aromatic rings. The van der Waals surface area contributed by atoms with Gasteiger partial charge in [-0.15, -0.1) is 0 Å². The van der Waals surface area contributed by atoms with Gasteiger partial charge in [-0.2, -0.15) is 5.10 Å². The molecule has 1 aliphatic carbocycles. The van der Waals surface area contributed by atoms with Crippen LogP contribution in [-0.4, -0.2) is 31.6 Å². The molecule has 0 N–H and O–H groups in total. The Morgan fingerprint density at radius 2 is 1.83 bits per heavy atom. The average molecular weight is 325 g/mol. The molecule has 0 fully saturated rings. The minimum absolute atomic E-state index is 0.0248. The molecule has 1 aliphatic heterocycles. The molecule has 4 heteroatoms. The maximum absolute atomic E-state index is 4.92. The van der Waals surface area contributed by atoms with Gasteiger partial charge in [0.2, 0.25) is 5.84 Å². The van der Waals surface area contributed by atoms with Gasteiger partial charge in [-0.3, -0.25) is 4.68 Å². The van der Waals surface area contributed by atoms with Crippen molar-refractivity contribution in [3.63, 3.8) is 0 Å². The van der Waals surface area contributed by atoms with E-state index in [0.29, 0.717) is 0 Å². The molecule has 0 bridgehead atoms. The van der Waals surface area contributed by atoms with Crippen LogP contribution in [0.4, 0.5) is 0 Å². The van der Waals surface area contributed by atoms with Crippen molar-refractivity contribution >= 4 is 17.2 Å². The van der Waals surface area contributed by atoms with Gasteiger partial charge in [0.15, 0.2) is 0 Å². The lowest BCUT2D eigenvalue weighted by Crippen LogP contribution is -2.52. The number of aliphatic imine (C=N–C) groups is 1. The van der Waals surface area contributed by atoms with E-state index in [1.807, 2.05) is 17.9 Å². The SMILES string of the molecule is Cn1ccc(C2=CC(C3=[N+](C(C)(C)C)C(C(C)(C)C)=N3)=CCC2)n1. The van der Waals surface area contributed by atoms with Crippen molar-refractivity contribution in [1.29, 1.82) is 0 Å². The van der Waals surface area contributed by atoms with Gasteiger partial charge in [0, 0.05) is 18.8 Å². The standard InChI is InChI=1S/C20H29N4/c1-19(2,3)18-21-17(24(18)20(4,5)6)15-10-8-9-14(13-15)16-11-12-23(7)22-16/h10-13H,8-9H2,1-7H3/q+1. The molecule has 0 radical (unpaired) electrons. The zero-order chi connectivity index (χ0) is 17.7. The van der Waals surface area contributed by atoms with Crippen LogP contribution in [0.15, 0.2) is 35.0 Å². The molecule has 0 amide bonds. The van der Waals surface area contributed by atoms with Crippen LogP contribution in [-0.2, 0) is 7.05 Å². The molecule has 4 nitrogen and oxygen atoms in total. The van der Waals surface area contributed by atoms with Crippen LogP contribution in [0.2, 0.25) is 0 Å². The molecule has 0 atom stereocenters. The van der Waals surface area contributed by atoms with Crippen molar-refractivity contribution in [2.75, 3.05) is 0 Å². The quantitative estimate of drug-likeness (QED) is 0.751. The van der Waals surface area contributed by atoms with E-state index < -0.39 is 0 Å². The van der Waals surface area contributed by atoms with Crippen molar-refractivity contribution in [3.05, 3.63) is 35.7 Å². The number of hydrogen-bond acceptors (Lipinski definition) is 2. The molecule has 1 aromatic heterocycles. The normalized spacial score (nSPS) is 18.9. The van der Waals surface area contributed by atoms with E-state index in [1.165, 1.54) is 17.0 Å². The molecule has 3 rings (SSSR count). The highest BCUT2D eigenvalue weighted by Crippen LogP contribution is 2.32. The van der Waals surface area contributed by atoms with E-state index in [9.17, 15) is 0 Å². The number of aromatic nitrogens is 2. The van der Waals surface area contributed by atoms with Crippen LogP contribution in [0.25, 0.3) is 5.57 Å². The van der Waals surface area contributed by atoms with E-state index in [-0.39, 0.29) is 11.0 Å². The molecular weight excluding hydrogens is 296 g/mol. The van der Waals surface area contributed by atoms with Crippen LogP contribution in [0.5, 0.6) is 0 Å². The molecule has 24 heavy (non-hydrogen) atoms. The molecule has 0 aromatic carbocycles. The molecular formula is C20H29N4+. The Balaban J connectivity index is 1.99. The van der Waals surface area contributed by atoms with E-state index in [2.05, 4.69) is 69.4 Å². The maximum atomic E-state index is 4.92. The minimum atomic E-state index is 0.0248. The largest absolute Gasteiger partial charge is 0.275 e. The molecule has 0 saturated heterocycles. The fraction of sp³-hybridized carbons (Fsp3) is 0.550. The van der Waals surface area contributed by atoms with Gasteiger partial charge in [-0.05, 0) is 51.3 Å². The van der Waals surface area contributed by atoms with Crippen LogP contribution in [0.1, 0.15) is 60.1 Å².